The van der Waals surface area contributed by atoms with Crippen molar-refractivity contribution in [1.82, 2.24) is 4.90 Å². The number of nitrogens with two attached hydrogens (primary N) is 1. The van der Waals surface area contributed by atoms with Gasteiger partial charge in [-0.3, -0.25) is 10.3 Å². The standard InChI is InChI=1S/C15H18ClN3S/c1-2-19(10-13-4-3-7-20-13)9-12-6-5-11(15(17)18)8-14(12)16/h3-8H,2,9-10H2,1H3,(H3,17,18). The van der Waals surface area contributed by atoms with Crippen LogP contribution in [-0.2, 0) is 13.1 Å². The summed E-state index contributed by atoms with van der Waals surface area (Å²) in [6.07, 6.45) is 0. The van der Waals surface area contributed by atoms with Crippen LogP contribution in [0.1, 0.15) is 22.9 Å². The van der Waals surface area contributed by atoms with Gasteiger partial charge in [0.2, 0.25) is 0 Å². The maximum atomic E-state index is 7.42. The van der Waals surface area contributed by atoms with E-state index in [0.29, 0.717) is 10.6 Å². The lowest BCUT2D eigenvalue weighted by molar-refractivity contribution is 0.274. The molecule has 0 spiro atoms. The van der Waals surface area contributed by atoms with Crippen LogP contribution in [0.3, 0.4) is 0 Å². The Labute approximate surface area is 128 Å². The summed E-state index contributed by atoms with van der Waals surface area (Å²) in [7, 11) is 0. The topological polar surface area (TPSA) is 53.1 Å². The van der Waals surface area contributed by atoms with Gasteiger partial charge in [-0.15, -0.1) is 11.3 Å². The number of halogens is 1. The second-order valence-corrected chi connectivity index (χ2v) is 6.04. The van der Waals surface area contributed by atoms with Gasteiger partial charge in [0.1, 0.15) is 5.84 Å². The summed E-state index contributed by atoms with van der Waals surface area (Å²) in [5.41, 5.74) is 7.20. The van der Waals surface area contributed by atoms with E-state index >= 15 is 0 Å². The fourth-order valence-electron chi connectivity index (χ4n) is 1.99. The molecular weight excluding hydrogens is 290 g/mol. The Morgan fingerprint density at radius 1 is 1.35 bits per heavy atom. The number of nitrogens with zero attached hydrogens (tertiary/aromatic N) is 1. The molecular formula is C15H18ClN3S. The fourth-order valence-corrected chi connectivity index (χ4v) is 2.97. The molecule has 0 fully saturated rings. The van der Waals surface area contributed by atoms with Crippen molar-refractivity contribution in [3.63, 3.8) is 0 Å². The van der Waals surface area contributed by atoms with Crippen LogP contribution in [0.5, 0.6) is 0 Å². The molecule has 2 rings (SSSR count). The number of nitrogen functional groups attached to an aromatic ring is 1. The fraction of sp³-hybridized carbons (Fsp3) is 0.267. The molecule has 3 nitrogen and oxygen atoms in total. The third-order valence-corrected chi connectivity index (χ3v) is 4.38. The SMILES string of the molecule is CCN(Cc1cccs1)Cc1ccc(C(=N)N)cc1Cl. The molecule has 2 aromatic rings. The predicted molar refractivity (Wildman–Crippen MR) is 86.6 cm³/mol. The number of hydrogen-bond acceptors (Lipinski definition) is 3. The van der Waals surface area contributed by atoms with E-state index in [2.05, 4.69) is 29.3 Å². The molecule has 5 heteroatoms. The number of rotatable bonds is 6. The summed E-state index contributed by atoms with van der Waals surface area (Å²) in [6.45, 7) is 4.83. The summed E-state index contributed by atoms with van der Waals surface area (Å²) in [4.78, 5) is 3.68. The Morgan fingerprint density at radius 2 is 2.15 bits per heavy atom. The first-order valence-electron chi connectivity index (χ1n) is 6.47. The Morgan fingerprint density at radius 3 is 2.70 bits per heavy atom. The van der Waals surface area contributed by atoms with Crippen LogP contribution in [-0.4, -0.2) is 17.3 Å². The average molecular weight is 308 g/mol. The highest BCUT2D eigenvalue weighted by Crippen LogP contribution is 2.21. The van der Waals surface area contributed by atoms with Crippen molar-refractivity contribution >= 4 is 28.8 Å². The van der Waals surface area contributed by atoms with Gasteiger partial charge in [-0.2, -0.15) is 0 Å². The molecule has 0 atom stereocenters. The maximum Gasteiger partial charge on any atom is 0.122 e. The molecule has 1 aromatic heterocycles. The molecule has 0 aliphatic heterocycles. The third-order valence-electron chi connectivity index (χ3n) is 3.16. The quantitative estimate of drug-likeness (QED) is 0.631. The maximum absolute atomic E-state index is 7.42. The molecule has 0 amide bonds. The van der Waals surface area contributed by atoms with Gasteiger partial charge in [0.25, 0.3) is 0 Å². The van der Waals surface area contributed by atoms with Crippen LogP contribution in [0.2, 0.25) is 5.02 Å². The van der Waals surface area contributed by atoms with Crippen molar-refractivity contribution in [3.8, 4) is 0 Å². The lowest BCUT2D eigenvalue weighted by atomic mass is 10.1. The third kappa shape index (κ3) is 3.82. The van der Waals surface area contributed by atoms with E-state index in [1.54, 1.807) is 17.4 Å². The van der Waals surface area contributed by atoms with Crippen molar-refractivity contribution in [2.75, 3.05) is 6.54 Å². The van der Waals surface area contributed by atoms with E-state index in [1.165, 1.54) is 4.88 Å². The number of hydrogen-bond donors (Lipinski definition) is 2. The van der Waals surface area contributed by atoms with Gasteiger partial charge in [0.15, 0.2) is 0 Å². The molecule has 3 N–H and O–H groups in total. The first kappa shape index (κ1) is 15.0. The molecule has 20 heavy (non-hydrogen) atoms. The predicted octanol–water partition coefficient (Wildman–Crippen LogP) is 3.71. The number of amidine groups is 1. The molecule has 0 saturated carbocycles. The van der Waals surface area contributed by atoms with Crippen molar-refractivity contribution in [2.45, 2.75) is 20.0 Å². The number of benzene rings is 1. The van der Waals surface area contributed by atoms with Crippen molar-refractivity contribution in [3.05, 3.63) is 56.7 Å². The summed E-state index contributed by atoms with van der Waals surface area (Å²) in [6, 6.07) is 9.78. The van der Waals surface area contributed by atoms with Gasteiger partial charge in [0.05, 0.1) is 0 Å². The summed E-state index contributed by atoms with van der Waals surface area (Å²) < 4.78 is 0. The Hall–Kier alpha value is -1.36. The largest absolute Gasteiger partial charge is 0.384 e. The normalized spacial score (nSPS) is 10.9. The number of nitrogens with one attached hydrogen (secondary N) is 1. The highest BCUT2D eigenvalue weighted by atomic mass is 35.5. The first-order chi connectivity index (χ1) is 9.60. The van der Waals surface area contributed by atoms with E-state index in [4.69, 9.17) is 22.7 Å². The Kier molecular flexibility index (Phi) is 5.17. The molecule has 0 aliphatic rings. The van der Waals surface area contributed by atoms with Gasteiger partial charge >= 0.3 is 0 Å². The summed E-state index contributed by atoms with van der Waals surface area (Å²) >= 11 is 8.05. The minimum atomic E-state index is 0.0457. The summed E-state index contributed by atoms with van der Waals surface area (Å²) in [5, 5.41) is 10.2. The second kappa shape index (κ2) is 6.88. The lowest BCUT2D eigenvalue weighted by Crippen LogP contribution is -2.22. The first-order valence-corrected chi connectivity index (χ1v) is 7.73. The van der Waals surface area contributed by atoms with Crippen LogP contribution in [0.25, 0.3) is 0 Å². The van der Waals surface area contributed by atoms with E-state index in [1.807, 2.05) is 12.1 Å². The van der Waals surface area contributed by atoms with Gasteiger partial charge in [-0.25, -0.2) is 0 Å². The van der Waals surface area contributed by atoms with Gasteiger partial charge in [-0.1, -0.05) is 36.7 Å². The zero-order chi connectivity index (χ0) is 14.5. The van der Waals surface area contributed by atoms with Crippen LogP contribution >= 0.6 is 22.9 Å². The van der Waals surface area contributed by atoms with Gasteiger partial charge in [-0.05, 0) is 29.6 Å². The zero-order valence-corrected chi connectivity index (χ0v) is 13.0. The van der Waals surface area contributed by atoms with E-state index in [0.717, 1.165) is 25.2 Å². The minimum Gasteiger partial charge on any atom is -0.384 e. The molecule has 1 aromatic carbocycles. The molecule has 106 valence electrons. The highest BCUT2D eigenvalue weighted by Gasteiger charge is 2.09. The van der Waals surface area contributed by atoms with Gasteiger partial charge < -0.3 is 5.73 Å². The molecule has 0 unspecified atom stereocenters. The second-order valence-electron chi connectivity index (χ2n) is 4.60. The van der Waals surface area contributed by atoms with Crippen molar-refractivity contribution in [2.24, 2.45) is 5.73 Å². The van der Waals surface area contributed by atoms with Crippen molar-refractivity contribution < 1.29 is 0 Å². The van der Waals surface area contributed by atoms with Crippen LogP contribution in [0.15, 0.2) is 35.7 Å². The smallest absolute Gasteiger partial charge is 0.122 e. The van der Waals surface area contributed by atoms with Gasteiger partial charge in [0, 0.05) is 28.6 Å². The Bertz CT molecular complexity index is 581. The van der Waals surface area contributed by atoms with E-state index < -0.39 is 0 Å². The molecule has 0 bridgehead atoms. The Balaban J connectivity index is 2.09. The molecule has 1 heterocycles. The monoisotopic (exact) mass is 307 g/mol. The van der Waals surface area contributed by atoms with Crippen LogP contribution in [0.4, 0.5) is 0 Å². The van der Waals surface area contributed by atoms with Crippen molar-refractivity contribution in [1.29, 1.82) is 5.41 Å². The van der Waals surface area contributed by atoms with Crippen LogP contribution in [0, 0.1) is 5.41 Å². The molecule has 0 radical (unpaired) electrons. The zero-order valence-electron chi connectivity index (χ0n) is 11.4. The highest BCUT2D eigenvalue weighted by molar-refractivity contribution is 7.09. The van der Waals surface area contributed by atoms with E-state index in [-0.39, 0.29) is 5.84 Å². The van der Waals surface area contributed by atoms with Crippen LogP contribution < -0.4 is 5.73 Å². The molecule has 0 aliphatic carbocycles. The van der Waals surface area contributed by atoms with E-state index in [9.17, 15) is 0 Å². The lowest BCUT2D eigenvalue weighted by Gasteiger charge is -2.20. The number of thiophene rings is 1. The minimum absolute atomic E-state index is 0.0457. The molecule has 0 saturated heterocycles. The summed E-state index contributed by atoms with van der Waals surface area (Å²) in [5.74, 6) is 0.0457. The average Bonchev–Trinajstić information content (AvgIpc) is 2.92.